The van der Waals surface area contributed by atoms with Gasteiger partial charge in [0.25, 0.3) is 5.56 Å². The van der Waals surface area contributed by atoms with E-state index in [9.17, 15) is 19.7 Å². The lowest BCUT2D eigenvalue weighted by molar-refractivity contribution is -0.385. The largest absolute Gasteiger partial charge is 0.418 e. The molecule has 11 heteroatoms. The summed E-state index contributed by atoms with van der Waals surface area (Å²) in [5.74, 6) is -0.795. The van der Waals surface area contributed by atoms with Crippen molar-refractivity contribution >= 4 is 56.3 Å². The first-order valence-corrected chi connectivity index (χ1v) is 10.2. The van der Waals surface area contributed by atoms with Crippen LogP contribution in [0, 0.1) is 10.1 Å². The van der Waals surface area contributed by atoms with Gasteiger partial charge in [0.1, 0.15) is 5.82 Å². The first-order chi connectivity index (χ1) is 14.6. The molecule has 0 bridgehead atoms. The molecule has 0 atom stereocenters. The highest BCUT2D eigenvalue weighted by molar-refractivity contribution is 9.10. The number of hydrogen-bond donors (Lipinski definition) is 0. The van der Waals surface area contributed by atoms with Crippen LogP contribution in [0.15, 0.2) is 44.7 Å². The Kier molecular flexibility index (Phi) is 6.51. The average molecular weight is 508 g/mol. The van der Waals surface area contributed by atoms with Crippen LogP contribution < -0.4 is 10.3 Å². The zero-order valence-electron chi connectivity index (χ0n) is 16.6. The van der Waals surface area contributed by atoms with Crippen LogP contribution in [0.3, 0.4) is 0 Å². The normalized spacial score (nSPS) is 11.4. The fourth-order valence-corrected chi connectivity index (χ4v) is 3.45. The number of hydrogen-bond acceptors (Lipinski definition) is 7. The number of ether oxygens (including phenoxy) is 1. The molecule has 0 saturated carbocycles. The minimum absolute atomic E-state index is 0.123. The summed E-state index contributed by atoms with van der Waals surface area (Å²) in [7, 11) is 0. The van der Waals surface area contributed by atoms with Crippen molar-refractivity contribution in [3.8, 4) is 5.75 Å². The SMILES string of the molecule is CC(=O)Oc1c(Cl)cc(C=Nn2c(C(C)C)nc3ccc(Br)cc3c2=O)cc1[N+](=O)[O-]. The minimum Gasteiger partial charge on any atom is -0.418 e. The molecule has 9 nitrogen and oxygen atoms in total. The van der Waals surface area contributed by atoms with Gasteiger partial charge in [-0.2, -0.15) is 9.78 Å². The van der Waals surface area contributed by atoms with Gasteiger partial charge >= 0.3 is 11.7 Å². The quantitative estimate of drug-likeness (QED) is 0.163. The summed E-state index contributed by atoms with van der Waals surface area (Å²) in [4.78, 5) is 39.5. The van der Waals surface area contributed by atoms with E-state index in [0.717, 1.165) is 22.1 Å². The number of carbonyl (C=O) groups is 1. The monoisotopic (exact) mass is 506 g/mol. The van der Waals surface area contributed by atoms with Crippen molar-refractivity contribution in [2.45, 2.75) is 26.7 Å². The molecular formula is C20H16BrClN4O5. The Morgan fingerprint density at radius 3 is 2.68 bits per heavy atom. The van der Waals surface area contributed by atoms with E-state index in [1.807, 2.05) is 13.8 Å². The van der Waals surface area contributed by atoms with Gasteiger partial charge in [-0.05, 0) is 24.3 Å². The van der Waals surface area contributed by atoms with E-state index in [4.69, 9.17) is 16.3 Å². The smallest absolute Gasteiger partial charge is 0.313 e. The van der Waals surface area contributed by atoms with Crippen molar-refractivity contribution in [1.29, 1.82) is 0 Å². The molecule has 0 N–H and O–H groups in total. The molecule has 0 spiro atoms. The number of halogens is 2. The maximum atomic E-state index is 13.0. The highest BCUT2D eigenvalue weighted by Gasteiger charge is 2.22. The van der Waals surface area contributed by atoms with Gasteiger partial charge in [-0.3, -0.25) is 19.7 Å². The van der Waals surface area contributed by atoms with E-state index in [-0.39, 0.29) is 27.8 Å². The van der Waals surface area contributed by atoms with E-state index in [2.05, 4.69) is 26.0 Å². The van der Waals surface area contributed by atoms with Crippen LogP contribution >= 0.6 is 27.5 Å². The van der Waals surface area contributed by atoms with E-state index in [0.29, 0.717) is 16.7 Å². The van der Waals surface area contributed by atoms with Gasteiger partial charge in [0.05, 0.1) is 27.1 Å². The fraction of sp³-hybridized carbons (Fsp3) is 0.200. The van der Waals surface area contributed by atoms with Crippen LogP contribution in [0.4, 0.5) is 5.69 Å². The number of aromatic nitrogens is 2. The highest BCUT2D eigenvalue weighted by Crippen LogP contribution is 2.36. The molecule has 2 aromatic carbocycles. The van der Waals surface area contributed by atoms with Gasteiger partial charge in [0.2, 0.25) is 5.75 Å². The summed E-state index contributed by atoms with van der Waals surface area (Å²) in [6.45, 7) is 4.85. The van der Waals surface area contributed by atoms with Crippen molar-refractivity contribution < 1.29 is 14.5 Å². The second-order valence-corrected chi connectivity index (χ2v) is 8.17. The third-order valence-corrected chi connectivity index (χ3v) is 4.93. The molecule has 0 fully saturated rings. The molecule has 1 heterocycles. The summed E-state index contributed by atoms with van der Waals surface area (Å²) in [5.41, 5.74) is -0.110. The Balaban J connectivity index is 2.16. The third-order valence-electron chi connectivity index (χ3n) is 4.16. The Hall–Kier alpha value is -3.11. The van der Waals surface area contributed by atoms with E-state index in [1.165, 1.54) is 12.3 Å². The van der Waals surface area contributed by atoms with Gasteiger partial charge in [0, 0.05) is 28.9 Å². The molecule has 0 unspecified atom stereocenters. The average Bonchev–Trinajstić information content (AvgIpc) is 2.68. The standard InChI is InChI=1S/C20H16BrClN4O5/c1-10(2)19-24-16-5-4-13(21)8-14(16)20(28)25(19)23-9-12-6-15(22)18(31-11(3)27)17(7-12)26(29)30/h4-10H,1-3H3. The predicted octanol–water partition coefficient (Wildman–Crippen LogP) is 4.65. The van der Waals surface area contributed by atoms with Crippen molar-refractivity contribution in [1.82, 2.24) is 9.66 Å². The molecule has 160 valence electrons. The van der Waals surface area contributed by atoms with Crippen LogP contribution in [-0.2, 0) is 4.79 Å². The summed E-state index contributed by atoms with van der Waals surface area (Å²) in [5, 5.41) is 15.9. The molecule has 0 aliphatic carbocycles. The van der Waals surface area contributed by atoms with Crippen molar-refractivity contribution in [3.63, 3.8) is 0 Å². The molecular weight excluding hydrogens is 492 g/mol. The molecule has 3 rings (SSSR count). The lowest BCUT2D eigenvalue weighted by Gasteiger charge is -2.12. The summed E-state index contributed by atoms with van der Waals surface area (Å²) < 4.78 is 6.73. The van der Waals surface area contributed by atoms with Crippen LogP contribution in [0.5, 0.6) is 5.75 Å². The topological polar surface area (TPSA) is 117 Å². The minimum atomic E-state index is -0.743. The Morgan fingerprint density at radius 2 is 2.06 bits per heavy atom. The first-order valence-electron chi connectivity index (χ1n) is 9.01. The van der Waals surface area contributed by atoms with Crippen LogP contribution in [0.2, 0.25) is 5.02 Å². The molecule has 0 amide bonds. The maximum absolute atomic E-state index is 13.0. The van der Waals surface area contributed by atoms with Crippen molar-refractivity contribution in [2.75, 3.05) is 0 Å². The molecule has 0 radical (unpaired) electrons. The molecule has 0 saturated heterocycles. The number of fused-ring (bicyclic) bond motifs is 1. The van der Waals surface area contributed by atoms with Gasteiger partial charge in [-0.25, -0.2) is 4.98 Å². The molecule has 1 aromatic heterocycles. The van der Waals surface area contributed by atoms with Crippen molar-refractivity contribution in [3.05, 3.63) is 71.7 Å². The number of nitrogens with zero attached hydrogens (tertiary/aromatic N) is 4. The van der Waals surface area contributed by atoms with Gasteiger partial charge < -0.3 is 4.74 Å². The third kappa shape index (κ3) is 4.80. The molecule has 0 aliphatic heterocycles. The van der Waals surface area contributed by atoms with Crippen LogP contribution in [-0.4, -0.2) is 26.8 Å². The summed E-state index contributed by atoms with van der Waals surface area (Å²) in [6, 6.07) is 7.67. The predicted molar refractivity (Wildman–Crippen MR) is 120 cm³/mol. The van der Waals surface area contributed by atoms with Crippen LogP contribution in [0.1, 0.15) is 38.1 Å². The zero-order valence-corrected chi connectivity index (χ0v) is 19.0. The van der Waals surface area contributed by atoms with Gasteiger partial charge in [-0.15, -0.1) is 0 Å². The second kappa shape index (κ2) is 8.94. The summed E-state index contributed by atoms with van der Waals surface area (Å²) in [6.07, 6.45) is 1.26. The van der Waals surface area contributed by atoms with E-state index >= 15 is 0 Å². The fourth-order valence-electron chi connectivity index (χ4n) is 2.83. The van der Waals surface area contributed by atoms with Gasteiger partial charge in [-0.1, -0.05) is 41.4 Å². The lowest BCUT2D eigenvalue weighted by atomic mass is 10.2. The maximum Gasteiger partial charge on any atom is 0.313 e. The Morgan fingerprint density at radius 1 is 1.35 bits per heavy atom. The van der Waals surface area contributed by atoms with E-state index in [1.54, 1.807) is 18.2 Å². The summed E-state index contributed by atoms with van der Waals surface area (Å²) >= 11 is 9.42. The Labute approximate surface area is 189 Å². The highest BCUT2D eigenvalue weighted by atomic mass is 79.9. The van der Waals surface area contributed by atoms with Gasteiger partial charge in [0.15, 0.2) is 0 Å². The zero-order chi connectivity index (χ0) is 22.9. The van der Waals surface area contributed by atoms with Crippen molar-refractivity contribution in [2.24, 2.45) is 5.10 Å². The number of carbonyl (C=O) groups excluding carboxylic acids is 1. The second-order valence-electron chi connectivity index (χ2n) is 6.85. The molecule has 0 aliphatic rings. The van der Waals surface area contributed by atoms with E-state index < -0.39 is 16.6 Å². The number of nitro benzene ring substituents is 1. The molecule has 3 aromatic rings. The van der Waals surface area contributed by atoms with Crippen LogP contribution in [0.25, 0.3) is 10.9 Å². The number of esters is 1. The molecule has 31 heavy (non-hydrogen) atoms. The number of benzene rings is 2. The Bertz CT molecular complexity index is 1300. The number of rotatable bonds is 5. The lowest BCUT2D eigenvalue weighted by Crippen LogP contribution is -2.23. The first kappa shape index (κ1) is 22.6. The number of nitro groups is 1.